The molecular formula is C22H25ClN12O2. The summed E-state index contributed by atoms with van der Waals surface area (Å²) in [6.07, 6.45) is 12.3. The predicted molar refractivity (Wildman–Crippen MR) is 135 cm³/mol. The minimum atomic E-state index is -0.146. The molecule has 0 radical (unpaired) electrons. The summed E-state index contributed by atoms with van der Waals surface area (Å²) in [6, 6.07) is 0. The van der Waals surface area contributed by atoms with Gasteiger partial charge in [0.2, 0.25) is 11.6 Å². The first-order chi connectivity index (χ1) is 17.7. The summed E-state index contributed by atoms with van der Waals surface area (Å²) in [7, 11) is 1.86. The minimum Gasteiger partial charge on any atom is -0.394 e. The van der Waals surface area contributed by atoms with Crippen LogP contribution in [0.4, 0.5) is 5.95 Å². The van der Waals surface area contributed by atoms with Gasteiger partial charge >= 0.3 is 0 Å². The molecule has 0 unspecified atom stereocenters. The first kappa shape index (κ1) is 24.7. The number of fused-ring (bicyclic) bond motifs is 1. The molecule has 5 aromatic heterocycles. The van der Waals surface area contributed by atoms with Gasteiger partial charge in [-0.1, -0.05) is 5.21 Å². The Morgan fingerprint density at radius 2 is 1.84 bits per heavy atom. The number of aliphatic hydroxyl groups is 1. The Hall–Kier alpha value is -4.01. The van der Waals surface area contributed by atoms with Crippen LogP contribution in [0.15, 0.2) is 43.4 Å². The van der Waals surface area contributed by atoms with Crippen LogP contribution in [0.3, 0.4) is 0 Å². The van der Waals surface area contributed by atoms with E-state index in [-0.39, 0.29) is 25.1 Å². The van der Waals surface area contributed by atoms with Crippen molar-refractivity contribution in [2.45, 2.75) is 19.2 Å². The number of aryl methyl sites for hydroxylation is 1. The average Bonchev–Trinajstić information content (AvgIpc) is 3.65. The molecule has 0 spiro atoms. The average molecular weight is 525 g/mol. The predicted octanol–water partition coefficient (Wildman–Crippen LogP) is 0.595. The Balaban J connectivity index is 0.00000280. The van der Waals surface area contributed by atoms with Crippen LogP contribution in [0.5, 0.6) is 0 Å². The monoisotopic (exact) mass is 524 g/mol. The van der Waals surface area contributed by atoms with E-state index in [2.05, 4.69) is 40.4 Å². The van der Waals surface area contributed by atoms with E-state index in [1.54, 1.807) is 45.0 Å². The number of anilines is 1. The molecule has 1 N–H and O–H groups in total. The zero-order valence-electron chi connectivity index (χ0n) is 20.0. The number of aliphatic hydroxyl groups excluding tert-OH is 1. The van der Waals surface area contributed by atoms with Gasteiger partial charge in [0.1, 0.15) is 0 Å². The van der Waals surface area contributed by atoms with Crippen molar-refractivity contribution in [1.82, 2.24) is 54.5 Å². The zero-order valence-corrected chi connectivity index (χ0v) is 20.8. The van der Waals surface area contributed by atoms with Crippen LogP contribution >= 0.6 is 12.4 Å². The van der Waals surface area contributed by atoms with Gasteiger partial charge in [-0.25, -0.2) is 24.6 Å². The van der Waals surface area contributed by atoms with Gasteiger partial charge in [0.25, 0.3) is 0 Å². The van der Waals surface area contributed by atoms with E-state index in [0.29, 0.717) is 55.7 Å². The van der Waals surface area contributed by atoms with E-state index >= 15 is 0 Å². The Kier molecular flexibility index (Phi) is 7.03. The van der Waals surface area contributed by atoms with E-state index in [1.165, 1.54) is 0 Å². The smallest absolute Gasteiger partial charge is 0.225 e. The fraction of sp³-hybridized carbons (Fsp3) is 0.364. The fourth-order valence-electron chi connectivity index (χ4n) is 4.15. The number of nitrogens with zero attached hydrogens (tertiary/aromatic N) is 12. The summed E-state index contributed by atoms with van der Waals surface area (Å²) in [4.78, 5) is 20.4. The normalized spacial score (nSPS) is 15.7. The molecule has 1 atom stereocenters. The van der Waals surface area contributed by atoms with Crippen LogP contribution in [0.25, 0.3) is 33.7 Å². The first-order valence-electron chi connectivity index (χ1n) is 11.5. The van der Waals surface area contributed by atoms with Crippen molar-refractivity contribution in [3.63, 3.8) is 0 Å². The number of aromatic nitrogens is 11. The molecule has 1 fully saturated rings. The molecule has 1 aliphatic rings. The lowest BCUT2D eigenvalue weighted by Crippen LogP contribution is -2.45. The molecule has 1 aliphatic heterocycles. The highest BCUT2D eigenvalue weighted by Crippen LogP contribution is 2.21. The summed E-state index contributed by atoms with van der Waals surface area (Å²) in [5, 5.41) is 25.9. The molecule has 6 rings (SSSR count). The Morgan fingerprint density at radius 3 is 2.62 bits per heavy atom. The van der Waals surface area contributed by atoms with Crippen molar-refractivity contribution in [2.24, 2.45) is 7.05 Å². The summed E-state index contributed by atoms with van der Waals surface area (Å²) in [6.45, 7) is 2.80. The van der Waals surface area contributed by atoms with E-state index < -0.39 is 0 Å². The Morgan fingerprint density at radius 1 is 1.00 bits per heavy atom. The molecule has 0 aliphatic carbocycles. The van der Waals surface area contributed by atoms with E-state index in [4.69, 9.17) is 14.8 Å². The molecule has 6 heterocycles. The molecule has 0 saturated carbocycles. The third-order valence-corrected chi connectivity index (χ3v) is 5.96. The van der Waals surface area contributed by atoms with Gasteiger partial charge in [-0.15, -0.1) is 17.5 Å². The number of ether oxygens (including phenoxy) is 1. The number of hydrogen-bond donors (Lipinski definition) is 1. The van der Waals surface area contributed by atoms with Crippen LogP contribution in [0.1, 0.15) is 0 Å². The van der Waals surface area contributed by atoms with E-state index in [9.17, 15) is 0 Å². The number of halogens is 1. The van der Waals surface area contributed by atoms with Crippen molar-refractivity contribution in [3.05, 3.63) is 43.4 Å². The summed E-state index contributed by atoms with van der Waals surface area (Å²) < 4.78 is 11.1. The lowest BCUT2D eigenvalue weighted by Gasteiger charge is -2.32. The van der Waals surface area contributed by atoms with Gasteiger partial charge in [-0.2, -0.15) is 10.2 Å². The van der Waals surface area contributed by atoms with Crippen LogP contribution in [0, 0.1) is 0 Å². The number of morpholine rings is 1. The maximum absolute atomic E-state index is 9.07. The van der Waals surface area contributed by atoms with Gasteiger partial charge in [0, 0.05) is 61.6 Å². The first-order valence-corrected chi connectivity index (χ1v) is 11.5. The molecule has 0 bridgehead atoms. The second kappa shape index (κ2) is 10.5. The van der Waals surface area contributed by atoms with Crippen LogP contribution < -0.4 is 4.90 Å². The summed E-state index contributed by atoms with van der Waals surface area (Å²) in [5.41, 5.74) is 4.43. The van der Waals surface area contributed by atoms with Crippen molar-refractivity contribution < 1.29 is 9.84 Å². The highest BCUT2D eigenvalue weighted by Gasteiger charge is 2.24. The van der Waals surface area contributed by atoms with Crippen LogP contribution in [-0.4, -0.2) is 92.0 Å². The van der Waals surface area contributed by atoms with Crippen molar-refractivity contribution in [1.29, 1.82) is 0 Å². The van der Waals surface area contributed by atoms with Crippen molar-refractivity contribution >= 4 is 29.6 Å². The molecular weight excluding hydrogens is 500 g/mol. The summed E-state index contributed by atoms with van der Waals surface area (Å²) >= 11 is 0. The standard InChI is InChI=1S/C22H24N12O2.ClH/c1-31-11-17(9-26-31)19-10-23-20-21(28-19)34(30-29-20)14-18-13-32(3-5-36-18)22-24-6-15(7-25-22)16-8-27-33(12-16)2-4-35;/h6-12,18,35H,2-5,13-14H2,1H3;1H/t18-;/m0./s1. The molecule has 1 saturated heterocycles. The van der Waals surface area contributed by atoms with Crippen LogP contribution in [0.2, 0.25) is 0 Å². The second-order valence-electron chi connectivity index (χ2n) is 8.50. The molecule has 15 heteroatoms. The largest absolute Gasteiger partial charge is 0.394 e. The highest BCUT2D eigenvalue weighted by atomic mass is 35.5. The highest BCUT2D eigenvalue weighted by molar-refractivity contribution is 5.85. The zero-order chi connectivity index (χ0) is 24.5. The molecule has 37 heavy (non-hydrogen) atoms. The molecule has 0 aromatic carbocycles. The van der Waals surface area contributed by atoms with Gasteiger partial charge in [-0.05, 0) is 0 Å². The maximum atomic E-state index is 9.07. The Bertz CT molecular complexity index is 1480. The lowest BCUT2D eigenvalue weighted by atomic mass is 10.2. The Labute approximate surface area is 217 Å². The van der Waals surface area contributed by atoms with Gasteiger partial charge in [0.15, 0.2) is 5.65 Å². The van der Waals surface area contributed by atoms with Crippen molar-refractivity contribution in [2.75, 3.05) is 31.2 Å². The van der Waals surface area contributed by atoms with Crippen molar-refractivity contribution in [3.8, 4) is 22.4 Å². The third kappa shape index (κ3) is 5.12. The summed E-state index contributed by atoms with van der Waals surface area (Å²) in [5.74, 6) is 0.636. The minimum absolute atomic E-state index is 0. The van der Waals surface area contributed by atoms with Gasteiger partial charge in [0.05, 0.1) is 56.7 Å². The quantitative estimate of drug-likeness (QED) is 0.318. The SMILES string of the molecule is Cl.Cn1cc(-c2cnc3nnn(C[C@@H]4CN(c5ncc(-c6cnn(CCO)c6)cn5)CCO4)c3n2)cn1. The fourth-order valence-corrected chi connectivity index (χ4v) is 4.15. The number of hydrogen-bond acceptors (Lipinski definition) is 11. The number of rotatable bonds is 7. The second-order valence-corrected chi connectivity index (χ2v) is 8.50. The van der Waals surface area contributed by atoms with Gasteiger partial charge < -0.3 is 14.7 Å². The van der Waals surface area contributed by atoms with Crippen LogP contribution in [-0.2, 0) is 24.9 Å². The topological polar surface area (TPSA) is 151 Å². The van der Waals surface area contributed by atoms with E-state index in [0.717, 1.165) is 16.7 Å². The third-order valence-electron chi connectivity index (χ3n) is 5.96. The molecule has 0 amide bonds. The van der Waals surface area contributed by atoms with Gasteiger partial charge in [-0.3, -0.25) is 9.36 Å². The molecule has 192 valence electrons. The molecule has 14 nitrogen and oxygen atoms in total. The molecule has 5 aromatic rings. The lowest BCUT2D eigenvalue weighted by molar-refractivity contribution is 0.0273. The van der Waals surface area contributed by atoms with E-state index in [1.807, 2.05) is 19.4 Å². The maximum Gasteiger partial charge on any atom is 0.225 e.